The summed E-state index contributed by atoms with van der Waals surface area (Å²) in [6.45, 7) is 5.60. The first kappa shape index (κ1) is 14.7. The van der Waals surface area contributed by atoms with Gasteiger partial charge in [-0.3, -0.25) is 4.90 Å². The van der Waals surface area contributed by atoms with Crippen molar-refractivity contribution in [1.82, 2.24) is 4.90 Å². The molecule has 0 bridgehead atoms. The van der Waals surface area contributed by atoms with Crippen LogP contribution in [0.2, 0.25) is 0 Å². The predicted molar refractivity (Wildman–Crippen MR) is 57.1 cm³/mol. The van der Waals surface area contributed by atoms with E-state index in [0.29, 0.717) is 0 Å². The summed E-state index contributed by atoms with van der Waals surface area (Å²) in [6.07, 6.45) is -0.786. The molecule has 94 valence electrons. The van der Waals surface area contributed by atoms with Gasteiger partial charge in [-0.1, -0.05) is 0 Å². The number of hydrogen-bond donors (Lipinski definition) is 2. The Balaban J connectivity index is 4.84. The number of aliphatic hydroxyl groups is 1. The van der Waals surface area contributed by atoms with Gasteiger partial charge >= 0.3 is 12.1 Å². The summed E-state index contributed by atoms with van der Waals surface area (Å²) in [5.74, 6) is -1.29. The van der Waals surface area contributed by atoms with Crippen molar-refractivity contribution in [1.29, 1.82) is 0 Å². The van der Waals surface area contributed by atoms with E-state index >= 15 is 0 Å². The van der Waals surface area contributed by atoms with Crippen molar-refractivity contribution in [2.24, 2.45) is 0 Å². The molecule has 6 heteroatoms. The molecule has 0 heterocycles. The molecule has 0 saturated heterocycles. The number of ether oxygens (including phenoxy) is 1. The molecule has 0 fully saturated rings. The highest BCUT2D eigenvalue weighted by Crippen LogP contribution is 2.17. The lowest BCUT2D eigenvalue weighted by Gasteiger charge is -2.34. The summed E-state index contributed by atoms with van der Waals surface area (Å²) >= 11 is 0. The number of carboxylic acids is 1. The molecule has 0 aromatic heterocycles. The summed E-state index contributed by atoms with van der Waals surface area (Å²) < 4.78 is 5.01. The molecule has 6 nitrogen and oxygen atoms in total. The van der Waals surface area contributed by atoms with Crippen LogP contribution in [0.1, 0.15) is 27.7 Å². The highest BCUT2D eigenvalue weighted by Gasteiger charge is 2.41. The molecule has 16 heavy (non-hydrogen) atoms. The number of aliphatic hydroxyl groups excluding tert-OH is 1. The lowest BCUT2D eigenvalue weighted by Crippen LogP contribution is -2.56. The molecule has 0 rings (SSSR count). The van der Waals surface area contributed by atoms with Crippen LogP contribution in [-0.4, -0.2) is 52.0 Å². The maximum Gasteiger partial charge on any atom is 0.411 e. The Morgan fingerprint density at radius 3 is 1.94 bits per heavy atom. The van der Waals surface area contributed by atoms with Gasteiger partial charge in [0.25, 0.3) is 0 Å². The Kier molecular flexibility index (Phi) is 4.31. The predicted octanol–water partition coefficient (Wildman–Crippen LogP) is 0.689. The molecule has 0 aliphatic heterocycles. The monoisotopic (exact) mass is 233 g/mol. The second-order valence-corrected chi connectivity index (χ2v) is 4.78. The minimum atomic E-state index is -1.68. The van der Waals surface area contributed by atoms with Gasteiger partial charge in [0.05, 0.1) is 6.61 Å². The van der Waals surface area contributed by atoms with Crippen LogP contribution in [0.25, 0.3) is 0 Å². The van der Waals surface area contributed by atoms with Crippen LogP contribution >= 0.6 is 0 Å². The smallest absolute Gasteiger partial charge is 0.411 e. The van der Waals surface area contributed by atoms with E-state index in [9.17, 15) is 9.59 Å². The zero-order chi connectivity index (χ0) is 13.1. The molecule has 1 amide bonds. The number of amides is 1. The lowest BCUT2D eigenvalue weighted by atomic mass is 10.0. The Morgan fingerprint density at radius 1 is 1.25 bits per heavy atom. The van der Waals surface area contributed by atoms with Crippen LogP contribution < -0.4 is 0 Å². The largest absolute Gasteiger partial charge is 0.479 e. The Hall–Kier alpha value is -1.30. The van der Waals surface area contributed by atoms with Gasteiger partial charge in [0, 0.05) is 7.05 Å². The average molecular weight is 233 g/mol. The Morgan fingerprint density at radius 2 is 1.69 bits per heavy atom. The van der Waals surface area contributed by atoms with Gasteiger partial charge in [0.2, 0.25) is 0 Å². The van der Waals surface area contributed by atoms with Crippen LogP contribution in [0.3, 0.4) is 0 Å². The molecule has 0 spiro atoms. The number of carbonyl (C=O) groups is 2. The molecule has 0 aromatic carbocycles. The number of hydrogen-bond acceptors (Lipinski definition) is 4. The topological polar surface area (TPSA) is 87.1 Å². The van der Waals surface area contributed by atoms with E-state index in [1.54, 1.807) is 20.8 Å². The summed E-state index contributed by atoms with van der Waals surface area (Å²) in [6, 6.07) is 0. The minimum Gasteiger partial charge on any atom is -0.479 e. The summed E-state index contributed by atoms with van der Waals surface area (Å²) in [5.41, 5.74) is -2.39. The normalized spacial score (nSPS) is 15.1. The molecular weight excluding hydrogens is 214 g/mol. The molecule has 0 unspecified atom stereocenters. The first-order chi connectivity index (χ1) is 7.04. The number of carbonyl (C=O) groups excluding carboxylic acids is 1. The van der Waals surface area contributed by atoms with E-state index in [1.807, 2.05) is 0 Å². The van der Waals surface area contributed by atoms with Crippen LogP contribution in [0, 0.1) is 0 Å². The Labute approximate surface area is 94.8 Å². The molecule has 0 aliphatic rings. The molecule has 0 saturated carbocycles. The van der Waals surface area contributed by atoms with Gasteiger partial charge in [-0.05, 0) is 27.7 Å². The van der Waals surface area contributed by atoms with Crippen molar-refractivity contribution in [3.05, 3.63) is 0 Å². The summed E-state index contributed by atoms with van der Waals surface area (Å²) in [4.78, 5) is 23.4. The second kappa shape index (κ2) is 4.69. The quantitative estimate of drug-likeness (QED) is 0.748. The molecule has 0 aromatic rings. The highest BCUT2D eigenvalue weighted by molar-refractivity contribution is 5.84. The van der Waals surface area contributed by atoms with Crippen molar-refractivity contribution in [2.45, 2.75) is 38.8 Å². The van der Waals surface area contributed by atoms with E-state index in [2.05, 4.69) is 0 Å². The van der Waals surface area contributed by atoms with Gasteiger partial charge in [-0.2, -0.15) is 0 Å². The van der Waals surface area contributed by atoms with Gasteiger partial charge in [-0.15, -0.1) is 0 Å². The van der Waals surface area contributed by atoms with Gasteiger partial charge < -0.3 is 14.9 Å². The standard InChI is InChI=1S/C10H19NO5/c1-9(2,3)16-8(15)11(5)10(4,6-12)7(13)14/h12H,6H2,1-5H3,(H,13,14)/t10-/m0/s1. The second-order valence-electron chi connectivity index (χ2n) is 4.78. The average Bonchev–Trinajstić information content (AvgIpc) is 2.12. The van der Waals surface area contributed by atoms with Gasteiger partial charge in [-0.25, -0.2) is 9.59 Å². The zero-order valence-corrected chi connectivity index (χ0v) is 10.3. The zero-order valence-electron chi connectivity index (χ0n) is 10.3. The van der Waals surface area contributed by atoms with E-state index in [-0.39, 0.29) is 0 Å². The fraction of sp³-hybridized carbons (Fsp3) is 0.800. The maximum atomic E-state index is 11.6. The fourth-order valence-corrected chi connectivity index (χ4v) is 0.849. The van der Waals surface area contributed by atoms with Gasteiger partial charge in [0.1, 0.15) is 5.60 Å². The molecule has 0 aliphatic carbocycles. The Bertz CT molecular complexity index is 283. The highest BCUT2D eigenvalue weighted by atomic mass is 16.6. The number of rotatable bonds is 3. The van der Waals surface area contributed by atoms with Crippen molar-refractivity contribution in [2.75, 3.05) is 13.7 Å². The maximum absolute atomic E-state index is 11.6. The number of aliphatic carboxylic acids is 1. The third kappa shape index (κ3) is 3.37. The van der Waals surface area contributed by atoms with E-state index in [1.165, 1.54) is 14.0 Å². The van der Waals surface area contributed by atoms with E-state index < -0.39 is 29.8 Å². The van der Waals surface area contributed by atoms with Crippen LogP contribution in [0.15, 0.2) is 0 Å². The van der Waals surface area contributed by atoms with Gasteiger partial charge in [0.15, 0.2) is 5.54 Å². The van der Waals surface area contributed by atoms with Crippen LogP contribution in [0.4, 0.5) is 4.79 Å². The molecular formula is C10H19NO5. The molecule has 0 radical (unpaired) electrons. The number of carboxylic acid groups (broad SMARTS) is 1. The minimum absolute atomic E-state index is 0.682. The third-order valence-corrected chi connectivity index (χ3v) is 2.18. The van der Waals surface area contributed by atoms with Crippen LogP contribution in [0.5, 0.6) is 0 Å². The van der Waals surface area contributed by atoms with Crippen molar-refractivity contribution >= 4 is 12.1 Å². The van der Waals surface area contributed by atoms with Crippen molar-refractivity contribution in [3.63, 3.8) is 0 Å². The van der Waals surface area contributed by atoms with E-state index in [0.717, 1.165) is 4.90 Å². The SMILES string of the molecule is CN(C(=O)OC(C)(C)C)[C@@](C)(CO)C(=O)O. The van der Waals surface area contributed by atoms with Crippen molar-refractivity contribution in [3.8, 4) is 0 Å². The fourth-order valence-electron chi connectivity index (χ4n) is 0.849. The molecule has 1 atom stereocenters. The summed E-state index contributed by atoms with van der Waals surface area (Å²) in [5, 5.41) is 18.0. The van der Waals surface area contributed by atoms with Crippen molar-refractivity contribution < 1.29 is 24.5 Å². The summed E-state index contributed by atoms with van der Waals surface area (Å²) in [7, 11) is 1.28. The number of likely N-dealkylation sites (N-methyl/N-ethyl adjacent to an activating group) is 1. The lowest BCUT2D eigenvalue weighted by molar-refractivity contribution is -0.151. The number of nitrogens with zero attached hydrogens (tertiary/aromatic N) is 1. The van der Waals surface area contributed by atoms with Crippen LogP contribution in [-0.2, 0) is 9.53 Å². The first-order valence-corrected chi connectivity index (χ1v) is 4.85. The van der Waals surface area contributed by atoms with E-state index in [4.69, 9.17) is 14.9 Å². The first-order valence-electron chi connectivity index (χ1n) is 4.85. The molecule has 2 N–H and O–H groups in total. The third-order valence-electron chi connectivity index (χ3n) is 2.18.